The van der Waals surface area contributed by atoms with Crippen molar-refractivity contribution in [2.45, 2.75) is 6.42 Å². The van der Waals surface area contributed by atoms with Crippen LogP contribution >= 0.6 is 0 Å². The summed E-state index contributed by atoms with van der Waals surface area (Å²) in [5.41, 5.74) is 0.689. The lowest BCUT2D eigenvalue weighted by Crippen LogP contribution is -2.17. The van der Waals surface area contributed by atoms with Gasteiger partial charge in [0.1, 0.15) is 19.0 Å². The summed E-state index contributed by atoms with van der Waals surface area (Å²) in [4.78, 5) is 11.9. The van der Waals surface area contributed by atoms with E-state index in [0.717, 1.165) is 5.75 Å². The van der Waals surface area contributed by atoms with Crippen LogP contribution in [0.5, 0.6) is 17.2 Å². The second kappa shape index (κ2) is 6.85. The van der Waals surface area contributed by atoms with Crippen LogP contribution in [0.25, 0.3) is 0 Å². The van der Waals surface area contributed by atoms with E-state index in [1.165, 1.54) is 0 Å². The standard InChI is InChI=1S/C17H17NO4/c19-17(8-9-20-14-4-2-1-3-5-14)18-13-6-7-15-16(12-13)22-11-10-21-15/h1-7,12H,8-11H2,(H,18,19). The first-order valence-electron chi connectivity index (χ1n) is 7.18. The molecule has 0 spiro atoms. The highest BCUT2D eigenvalue weighted by molar-refractivity contribution is 5.91. The first kappa shape index (κ1) is 14.3. The molecule has 3 rings (SSSR count). The number of rotatable bonds is 5. The summed E-state index contributed by atoms with van der Waals surface area (Å²) < 4.78 is 16.4. The van der Waals surface area contributed by atoms with E-state index in [0.29, 0.717) is 37.0 Å². The molecule has 1 aliphatic heterocycles. The zero-order chi connectivity index (χ0) is 15.2. The molecule has 0 fully saturated rings. The van der Waals surface area contributed by atoms with Gasteiger partial charge in [0.25, 0.3) is 0 Å². The van der Waals surface area contributed by atoms with E-state index in [2.05, 4.69) is 5.32 Å². The van der Waals surface area contributed by atoms with Crippen molar-refractivity contribution in [1.29, 1.82) is 0 Å². The summed E-state index contributed by atoms with van der Waals surface area (Å²) in [7, 11) is 0. The molecule has 0 atom stereocenters. The monoisotopic (exact) mass is 299 g/mol. The van der Waals surface area contributed by atoms with Crippen molar-refractivity contribution in [3.8, 4) is 17.2 Å². The van der Waals surface area contributed by atoms with Gasteiger partial charge >= 0.3 is 0 Å². The van der Waals surface area contributed by atoms with E-state index in [9.17, 15) is 4.79 Å². The van der Waals surface area contributed by atoms with E-state index < -0.39 is 0 Å². The fourth-order valence-electron chi connectivity index (χ4n) is 2.12. The maximum atomic E-state index is 11.9. The normalized spacial score (nSPS) is 12.5. The Morgan fingerprint density at radius 3 is 2.64 bits per heavy atom. The number of ether oxygens (including phenoxy) is 3. The van der Waals surface area contributed by atoms with Crippen LogP contribution in [0.1, 0.15) is 6.42 Å². The van der Waals surface area contributed by atoms with E-state index in [4.69, 9.17) is 14.2 Å². The minimum atomic E-state index is -0.104. The average Bonchev–Trinajstić information content (AvgIpc) is 2.56. The van der Waals surface area contributed by atoms with Gasteiger partial charge < -0.3 is 19.5 Å². The van der Waals surface area contributed by atoms with Crippen LogP contribution in [0.3, 0.4) is 0 Å². The first-order valence-corrected chi connectivity index (χ1v) is 7.18. The molecule has 5 heteroatoms. The van der Waals surface area contributed by atoms with E-state index in [-0.39, 0.29) is 12.3 Å². The molecule has 0 aromatic heterocycles. The second-order valence-electron chi connectivity index (χ2n) is 4.82. The van der Waals surface area contributed by atoms with Crippen molar-refractivity contribution < 1.29 is 19.0 Å². The van der Waals surface area contributed by atoms with Gasteiger partial charge in [-0.05, 0) is 24.3 Å². The van der Waals surface area contributed by atoms with E-state index in [1.54, 1.807) is 18.2 Å². The average molecular weight is 299 g/mol. The van der Waals surface area contributed by atoms with Crippen LogP contribution < -0.4 is 19.5 Å². The Morgan fingerprint density at radius 1 is 1.05 bits per heavy atom. The molecule has 1 heterocycles. The molecule has 0 saturated carbocycles. The first-order chi connectivity index (χ1) is 10.8. The zero-order valence-corrected chi connectivity index (χ0v) is 12.1. The minimum absolute atomic E-state index is 0.104. The number of amides is 1. The largest absolute Gasteiger partial charge is 0.493 e. The molecule has 2 aromatic carbocycles. The summed E-state index contributed by atoms with van der Waals surface area (Å²) in [6.45, 7) is 1.41. The maximum absolute atomic E-state index is 11.9. The molecule has 22 heavy (non-hydrogen) atoms. The van der Waals surface area contributed by atoms with Crippen molar-refractivity contribution in [2.24, 2.45) is 0 Å². The third kappa shape index (κ3) is 3.69. The van der Waals surface area contributed by atoms with Crippen LogP contribution in [-0.2, 0) is 4.79 Å². The van der Waals surface area contributed by atoms with E-state index in [1.807, 2.05) is 30.3 Å². The molecule has 1 amide bonds. The Kier molecular flexibility index (Phi) is 4.44. The van der Waals surface area contributed by atoms with Crippen LogP contribution in [0, 0.1) is 0 Å². The fraction of sp³-hybridized carbons (Fsp3) is 0.235. The van der Waals surface area contributed by atoms with Crippen molar-refractivity contribution >= 4 is 11.6 Å². The molecule has 0 unspecified atom stereocenters. The van der Waals surface area contributed by atoms with Gasteiger partial charge in [0.2, 0.25) is 5.91 Å². The topological polar surface area (TPSA) is 56.8 Å². The van der Waals surface area contributed by atoms with Crippen LogP contribution in [0.15, 0.2) is 48.5 Å². The van der Waals surface area contributed by atoms with Gasteiger partial charge in [-0.15, -0.1) is 0 Å². The molecule has 0 radical (unpaired) electrons. The van der Waals surface area contributed by atoms with Crippen LogP contribution in [0.4, 0.5) is 5.69 Å². The summed E-state index contributed by atoms with van der Waals surface area (Å²) in [5.74, 6) is 2.02. The molecule has 0 aliphatic carbocycles. The summed E-state index contributed by atoms with van der Waals surface area (Å²) in [6.07, 6.45) is 0.281. The SMILES string of the molecule is O=C(CCOc1ccccc1)Nc1ccc2c(c1)OCCO2. The Hall–Kier alpha value is -2.69. The number of carbonyl (C=O) groups is 1. The molecule has 114 valence electrons. The zero-order valence-electron chi connectivity index (χ0n) is 12.1. The third-order valence-corrected chi connectivity index (χ3v) is 3.17. The predicted octanol–water partition coefficient (Wildman–Crippen LogP) is 2.87. The predicted molar refractivity (Wildman–Crippen MR) is 82.6 cm³/mol. The van der Waals surface area contributed by atoms with Crippen molar-refractivity contribution in [1.82, 2.24) is 0 Å². The maximum Gasteiger partial charge on any atom is 0.227 e. The second-order valence-corrected chi connectivity index (χ2v) is 4.82. The lowest BCUT2D eigenvalue weighted by molar-refractivity contribution is -0.116. The van der Waals surface area contributed by atoms with Gasteiger partial charge in [-0.25, -0.2) is 0 Å². The Balaban J connectivity index is 1.49. The molecule has 0 bridgehead atoms. The smallest absolute Gasteiger partial charge is 0.227 e. The van der Waals surface area contributed by atoms with Gasteiger partial charge in [-0.3, -0.25) is 4.79 Å². The third-order valence-electron chi connectivity index (χ3n) is 3.17. The van der Waals surface area contributed by atoms with Crippen molar-refractivity contribution in [3.05, 3.63) is 48.5 Å². The number of hydrogen-bond acceptors (Lipinski definition) is 4. The summed E-state index contributed by atoms with van der Waals surface area (Å²) >= 11 is 0. The number of fused-ring (bicyclic) bond motifs is 1. The lowest BCUT2D eigenvalue weighted by Gasteiger charge is -2.19. The number of para-hydroxylation sites is 1. The quantitative estimate of drug-likeness (QED) is 0.922. The molecular weight excluding hydrogens is 282 g/mol. The number of carbonyl (C=O) groups excluding carboxylic acids is 1. The van der Waals surface area contributed by atoms with Gasteiger partial charge in [-0.2, -0.15) is 0 Å². The van der Waals surface area contributed by atoms with Crippen LogP contribution in [0.2, 0.25) is 0 Å². The van der Waals surface area contributed by atoms with Gasteiger partial charge in [0, 0.05) is 11.8 Å². The highest BCUT2D eigenvalue weighted by Gasteiger charge is 2.12. The van der Waals surface area contributed by atoms with Crippen molar-refractivity contribution in [3.63, 3.8) is 0 Å². The highest BCUT2D eigenvalue weighted by atomic mass is 16.6. The Morgan fingerprint density at radius 2 is 1.82 bits per heavy atom. The molecule has 0 saturated heterocycles. The van der Waals surface area contributed by atoms with Gasteiger partial charge in [0.05, 0.1) is 13.0 Å². The molecule has 5 nitrogen and oxygen atoms in total. The summed E-state index contributed by atoms with van der Waals surface area (Å²) in [5, 5.41) is 2.82. The van der Waals surface area contributed by atoms with Gasteiger partial charge in [0.15, 0.2) is 11.5 Å². The van der Waals surface area contributed by atoms with E-state index >= 15 is 0 Å². The van der Waals surface area contributed by atoms with Gasteiger partial charge in [-0.1, -0.05) is 18.2 Å². The molecule has 2 aromatic rings. The number of benzene rings is 2. The molecule has 1 aliphatic rings. The van der Waals surface area contributed by atoms with Crippen LogP contribution in [-0.4, -0.2) is 25.7 Å². The van der Waals surface area contributed by atoms with Crippen molar-refractivity contribution in [2.75, 3.05) is 25.1 Å². The number of nitrogens with one attached hydrogen (secondary N) is 1. The summed E-state index contributed by atoms with van der Waals surface area (Å²) in [6, 6.07) is 14.8. The Bertz CT molecular complexity index is 642. The minimum Gasteiger partial charge on any atom is -0.493 e. The molecule has 1 N–H and O–H groups in total. The number of hydrogen-bond donors (Lipinski definition) is 1. The molecular formula is C17H17NO4. The highest BCUT2D eigenvalue weighted by Crippen LogP contribution is 2.32. The lowest BCUT2D eigenvalue weighted by atomic mass is 10.2. The Labute approximate surface area is 128 Å². The number of anilines is 1. The fourth-order valence-corrected chi connectivity index (χ4v) is 2.12.